The first-order valence-corrected chi connectivity index (χ1v) is 6.45. The van der Waals surface area contributed by atoms with Gasteiger partial charge in [0.15, 0.2) is 11.5 Å². The number of aromatic nitrogens is 1. The highest BCUT2D eigenvalue weighted by molar-refractivity contribution is 5.39. The molecule has 2 rings (SSSR count). The van der Waals surface area contributed by atoms with Gasteiger partial charge in [-0.15, -0.1) is 0 Å². The SMILES string of the molecule is COc1ccccc1OCCCc1cccc(C#N)n1. The predicted octanol–water partition coefficient (Wildman–Crippen LogP) is 2.97. The lowest BCUT2D eigenvalue weighted by Crippen LogP contribution is -2.02. The second-order valence-electron chi connectivity index (χ2n) is 4.23. The molecule has 2 aromatic rings. The minimum absolute atomic E-state index is 0.452. The molecule has 0 spiro atoms. The van der Waals surface area contributed by atoms with Gasteiger partial charge in [-0.25, -0.2) is 4.98 Å². The van der Waals surface area contributed by atoms with Crippen LogP contribution in [0.1, 0.15) is 17.8 Å². The lowest BCUT2D eigenvalue weighted by molar-refractivity contribution is 0.289. The number of nitrogens with zero attached hydrogens (tertiary/aromatic N) is 2. The van der Waals surface area contributed by atoms with Gasteiger partial charge in [-0.05, 0) is 37.1 Å². The van der Waals surface area contributed by atoms with Crippen LogP contribution in [0, 0.1) is 11.3 Å². The summed E-state index contributed by atoms with van der Waals surface area (Å²) in [4.78, 5) is 4.23. The Morgan fingerprint density at radius 1 is 1.10 bits per heavy atom. The Balaban J connectivity index is 1.83. The van der Waals surface area contributed by atoms with Crippen molar-refractivity contribution >= 4 is 0 Å². The molecular weight excluding hydrogens is 252 g/mol. The number of nitriles is 1. The number of aryl methyl sites for hydroxylation is 1. The van der Waals surface area contributed by atoms with Crippen LogP contribution in [0.4, 0.5) is 0 Å². The quantitative estimate of drug-likeness (QED) is 0.756. The summed E-state index contributed by atoms with van der Waals surface area (Å²) in [6, 6.07) is 15.1. The molecule has 0 aliphatic rings. The monoisotopic (exact) mass is 268 g/mol. The standard InChI is InChI=1S/C16H16N2O2/c1-19-15-9-2-3-10-16(15)20-11-5-8-13-6-4-7-14(12-17)18-13/h2-4,6-7,9-10H,5,8,11H2,1H3. The van der Waals surface area contributed by atoms with Crippen LogP contribution >= 0.6 is 0 Å². The molecule has 0 N–H and O–H groups in total. The van der Waals surface area contributed by atoms with Crippen LogP contribution < -0.4 is 9.47 Å². The highest BCUT2D eigenvalue weighted by Crippen LogP contribution is 2.25. The maximum Gasteiger partial charge on any atom is 0.161 e. The lowest BCUT2D eigenvalue weighted by Gasteiger charge is -2.09. The maximum atomic E-state index is 8.79. The van der Waals surface area contributed by atoms with Crippen LogP contribution in [0.3, 0.4) is 0 Å². The molecule has 1 heterocycles. The zero-order valence-corrected chi connectivity index (χ0v) is 11.4. The van der Waals surface area contributed by atoms with Crippen molar-refractivity contribution in [1.82, 2.24) is 4.98 Å². The minimum Gasteiger partial charge on any atom is -0.493 e. The normalized spacial score (nSPS) is 9.80. The molecule has 0 bridgehead atoms. The molecule has 0 saturated heterocycles. The van der Waals surface area contributed by atoms with Crippen LogP contribution in [0.25, 0.3) is 0 Å². The lowest BCUT2D eigenvalue weighted by atomic mass is 10.2. The van der Waals surface area contributed by atoms with E-state index < -0.39 is 0 Å². The molecular formula is C16H16N2O2. The number of hydrogen-bond acceptors (Lipinski definition) is 4. The molecule has 0 aliphatic heterocycles. The van der Waals surface area contributed by atoms with Gasteiger partial charge in [-0.3, -0.25) is 0 Å². The molecule has 0 unspecified atom stereocenters. The summed E-state index contributed by atoms with van der Waals surface area (Å²) >= 11 is 0. The predicted molar refractivity (Wildman–Crippen MR) is 75.8 cm³/mol. The Morgan fingerprint density at radius 2 is 1.90 bits per heavy atom. The van der Waals surface area contributed by atoms with Gasteiger partial charge in [-0.1, -0.05) is 18.2 Å². The maximum absolute atomic E-state index is 8.79. The molecule has 4 heteroatoms. The van der Waals surface area contributed by atoms with E-state index >= 15 is 0 Å². The molecule has 0 aliphatic carbocycles. The topological polar surface area (TPSA) is 55.1 Å². The van der Waals surface area contributed by atoms with Gasteiger partial charge in [-0.2, -0.15) is 5.26 Å². The van der Waals surface area contributed by atoms with Crippen LogP contribution in [0.5, 0.6) is 11.5 Å². The molecule has 0 atom stereocenters. The number of hydrogen-bond donors (Lipinski definition) is 0. The zero-order chi connectivity index (χ0) is 14.2. The van der Waals surface area contributed by atoms with Crippen molar-refractivity contribution in [3.63, 3.8) is 0 Å². The van der Waals surface area contributed by atoms with Gasteiger partial charge < -0.3 is 9.47 Å². The van der Waals surface area contributed by atoms with Crippen LogP contribution in [-0.2, 0) is 6.42 Å². The summed E-state index contributed by atoms with van der Waals surface area (Å²) < 4.78 is 10.9. The average Bonchev–Trinajstić information content (AvgIpc) is 2.52. The molecule has 0 amide bonds. The number of rotatable bonds is 6. The highest BCUT2D eigenvalue weighted by Gasteiger charge is 2.02. The summed E-state index contributed by atoms with van der Waals surface area (Å²) in [7, 11) is 1.62. The van der Waals surface area contributed by atoms with E-state index in [0.717, 1.165) is 30.0 Å². The fourth-order valence-electron chi connectivity index (χ4n) is 1.85. The Kier molecular flexibility index (Phi) is 4.96. The first-order valence-electron chi connectivity index (χ1n) is 6.45. The van der Waals surface area contributed by atoms with Crippen molar-refractivity contribution in [1.29, 1.82) is 5.26 Å². The molecule has 0 radical (unpaired) electrons. The molecule has 0 fully saturated rings. The van der Waals surface area contributed by atoms with Gasteiger partial charge in [0.05, 0.1) is 13.7 Å². The van der Waals surface area contributed by atoms with Crippen LogP contribution in [-0.4, -0.2) is 18.7 Å². The molecule has 1 aromatic carbocycles. The number of pyridine rings is 1. The van der Waals surface area contributed by atoms with Crippen molar-refractivity contribution in [2.75, 3.05) is 13.7 Å². The van der Waals surface area contributed by atoms with E-state index in [-0.39, 0.29) is 0 Å². The first-order chi connectivity index (χ1) is 9.83. The largest absolute Gasteiger partial charge is 0.493 e. The minimum atomic E-state index is 0.452. The van der Waals surface area contributed by atoms with E-state index in [2.05, 4.69) is 4.98 Å². The Morgan fingerprint density at radius 3 is 2.65 bits per heavy atom. The molecule has 102 valence electrons. The summed E-state index contributed by atoms with van der Waals surface area (Å²) in [6.07, 6.45) is 1.62. The van der Waals surface area contributed by atoms with Crippen LogP contribution in [0.2, 0.25) is 0 Å². The summed E-state index contributed by atoms with van der Waals surface area (Å²) in [5, 5.41) is 8.79. The van der Waals surface area contributed by atoms with Crippen molar-refractivity contribution in [2.24, 2.45) is 0 Å². The van der Waals surface area contributed by atoms with E-state index in [1.54, 1.807) is 13.2 Å². The second kappa shape index (κ2) is 7.15. The van der Waals surface area contributed by atoms with Crippen molar-refractivity contribution in [3.8, 4) is 17.6 Å². The second-order valence-corrected chi connectivity index (χ2v) is 4.23. The van der Waals surface area contributed by atoms with Crippen molar-refractivity contribution < 1.29 is 9.47 Å². The molecule has 20 heavy (non-hydrogen) atoms. The van der Waals surface area contributed by atoms with Crippen molar-refractivity contribution in [3.05, 3.63) is 53.9 Å². The Bertz CT molecular complexity index is 605. The first kappa shape index (κ1) is 13.9. The number of methoxy groups -OCH3 is 1. The number of para-hydroxylation sites is 2. The summed E-state index contributed by atoms with van der Waals surface area (Å²) in [6.45, 7) is 0.582. The third-order valence-corrected chi connectivity index (χ3v) is 2.83. The van der Waals surface area contributed by atoms with E-state index in [0.29, 0.717) is 12.3 Å². The van der Waals surface area contributed by atoms with Crippen molar-refractivity contribution in [2.45, 2.75) is 12.8 Å². The summed E-state index contributed by atoms with van der Waals surface area (Å²) in [5.74, 6) is 1.48. The fraction of sp³-hybridized carbons (Fsp3) is 0.250. The van der Waals surface area contributed by atoms with Gasteiger partial charge in [0.2, 0.25) is 0 Å². The van der Waals surface area contributed by atoms with E-state index in [9.17, 15) is 0 Å². The molecule has 4 nitrogen and oxygen atoms in total. The van der Waals surface area contributed by atoms with E-state index in [1.165, 1.54) is 0 Å². The third kappa shape index (κ3) is 3.72. The van der Waals surface area contributed by atoms with E-state index in [1.807, 2.05) is 42.5 Å². The third-order valence-electron chi connectivity index (χ3n) is 2.83. The molecule has 1 aromatic heterocycles. The van der Waals surface area contributed by atoms with Gasteiger partial charge in [0.1, 0.15) is 11.8 Å². The van der Waals surface area contributed by atoms with Gasteiger partial charge >= 0.3 is 0 Å². The number of benzene rings is 1. The Labute approximate surface area is 118 Å². The summed E-state index contributed by atoms with van der Waals surface area (Å²) in [5.41, 5.74) is 1.36. The van der Waals surface area contributed by atoms with E-state index in [4.69, 9.17) is 14.7 Å². The zero-order valence-electron chi connectivity index (χ0n) is 11.4. The van der Waals surface area contributed by atoms with Gasteiger partial charge in [0.25, 0.3) is 0 Å². The highest BCUT2D eigenvalue weighted by atomic mass is 16.5. The average molecular weight is 268 g/mol. The van der Waals surface area contributed by atoms with Gasteiger partial charge in [0, 0.05) is 5.69 Å². The molecule has 0 saturated carbocycles. The fourth-order valence-corrected chi connectivity index (χ4v) is 1.85. The Hall–Kier alpha value is -2.54. The smallest absolute Gasteiger partial charge is 0.161 e. The van der Waals surface area contributed by atoms with Crippen LogP contribution in [0.15, 0.2) is 42.5 Å². The number of ether oxygens (including phenoxy) is 2.